The third-order valence-electron chi connectivity index (χ3n) is 2.86. The molecule has 0 fully saturated rings. The van der Waals surface area contributed by atoms with E-state index in [-0.39, 0.29) is 12.3 Å². The lowest BCUT2D eigenvalue weighted by Crippen LogP contribution is -2.06. The van der Waals surface area contributed by atoms with Gasteiger partial charge < -0.3 is 18.6 Å². The van der Waals surface area contributed by atoms with Crippen LogP contribution < -0.4 is 9.47 Å². The van der Waals surface area contributed by atoms with Crippen LogP contribution in [0.15, 0.2) is 22.6 Å². The Bertz CT molecular complexity index is 625. The Labute approximate surface area is 122 Å². The zero-order chi connectivity index (χ0) is 15.4. The highest BCUT2D eigenvalue weighted by Gasteiger charge is 2.19. The number of aromatic nitrogens is 1. The van der Waals surface area contributed by atoms with Gasteiger partial charge in [-0.2, -0.15) is 0 Å². The summed E-state index contributed by atoms with van der Waals surface area (Å²) in [5.74, 6) is 1.44. The second-order valence-corrected chi connectivity index (χ2v) is 4.25. The molecule has 21 heavy (non-hydrogen) atoms. The number of rotatable bonds is 5. The van der Waals surface area contributed by atoms with E-state index in [2.05, 4.69) is 4.98 Å². The number of hydrogen-bond donors (Lipinski definition) is 0. The predicted molar refractivity (Wildman–Crippen MR) is 75.7 cm³/mol. The molecule has 2 rings (SSSR count). The molecule has 0 aliphatic heterocycles. The van der Waals surface area contributed by atoms with Gasteiger partial charge in [0.2, 0.25) is 5.89 Å². The van der Waals surface area contributed by atoms with Crippen molar-refractivity contribution in [3.8, 4) is 23.0 Å². The molecular formula is C15H17NO5. The number of nitrogens with zero attached hydrogens (tertiary/aromatic N) is 1. The second kappa shape index (κ2) is 6.30. The molecule has 0 aliphatic rings. The van der Waals surface area contributed by atoms with Crippen LogP contribution in [0.1, 0.15) is 23.2 Å². The van der Waals surface area contributed by atoms with Crippen LogP contribution in [0.4, 0.5) is 0 Å². The smallest absolute Gasteiger partial charge is 0.360 e. The molecule has 0 spiro atoms. The number of ether oxygens (including phenoxy) is 3. The normalized spacial score (nSPS) is 10.3. The summed E-state index contributed by atoms with van der Waals surface area (Å²) < 4.78 is 20.9. The molecule has 0 amide bonds. The maximum Gasteiger partial charge on any atom is 0.360 e. The number of oxazole rings is 1. The van der Waals surface area contributed by atoms with Gasteiger partial charge in [0.05, 0.1) is 20.8 Å². The molecule has 0 atom stereocenters. The molecule has 0 saturated heterocycles. The Morgan fingerprint density at radius 1 is 1.19 bits per heavy atom. The summed E-state index contributed by atoms with van der Waals surface area (Å²) in [5, 5.41) is 0. The van der Waals surface area contributed by atoms with Crippen molar-refractivity contribution in [1.29, 1.82) is 0 Å². The van der Waals surface area contributed by atoms with E-state index in [0.717, 1.165) is 0 Å². The van der Waals surface area contributed by atoms with Gasteiger partial charge >= 0.3 is 5.97 Å². The molecule has 2 aromatic rings. The maximum absolute atomic E-state index is 11.8. The lowest BCUT2D eigenvalue weighted by Gasteiger charge is -2.06. The fraction of sp³-hybridized carbons (Fsp3) is 0.333. The second-order valence-electron chi connectivity index (χ2n) is 4.25. The molecule has 0 saturated carbocycles. The first-order valence-electron chi connectivity index (χ1n) is 6.47. The summed E-state index contributed by atoms with van der Waals surface area (Å²) in [5.41, 5.74) is 0.832. The molecule has 1 heterocycles. The monoisotopic (exact) mass is 291 g/mol. The van der Waals surface area contributed by atoms with E-state index in [1.54, 1.807) is 46.3 Å². The first-order valence-corrected chi connectivity index (χ1v) is 6.47. The van der Waals surface area contributed by atoms with E-state index in [4.69, 9.17) is 18.6 Å². The van der Waals surface area contributed by atoms with E-state index in [9.17, 15) is 4.79 Å². The quantitative estimate of drug-likeness (QED) is 0.789. The van der Waals surface area contributed by atoms with Crippen molar-refractivity contribution in [2.45, 2.75) is 13.8 Å². The minimum absolute atomic E-state index is 0.175. The van der Waals surface area contributed by atoms with E-state index < -0.39 is 5.97 Å². The molecule has 0 aliphatic carbocycles. The lowest BCUT2D eigenvalue weighted by atomic mass is 10.2. The van der Waals surface area contributed by atoms with Gasteiger partial charge in [0.1, 0.15) is 17.3 Å². The standard InChI is InChI=1S/C15H17NO5/c1-5-20-15(17)13-9(2)21-14(16-13)10-6-11(18-3)8-12(7-10)19-4/h6-8H,5H2,1-4H3. The third-order valence-corrected chi connectivity index (χ3v) is 2.86. The Kier molecular flexibility index (Phi) is 4.47. The fourth-order valence-electron chi connectivity index (χ4n) is 1.84. The lowest BCUT2D eigenvalue weighted by molar-refractivity contribution is 0.0518. The van der Waals surface area contributed by atoms with Crippen molar-refractivity contribution in [2.24, 2.45) is 0 Å². The summed E-state index contributed by atoms with van der Waals surface area (Å²) >= 11 is 0. The van der Waals surface area contributed by atoms with Crippen molar-refractivity contribution in [2.75, 3.05) is 20.8 Å². The van der Waals surface area contributed by atoms with Crippen molar-refractivity contribution < 1.29 is 23.4 Å². The van der Waals surface area contributed by atoms with Gasteiger partial charge in [-0.25, -0.2) is 9.78 Å². The van der Waals surface area contributed by atoms with Crippen LogP contribution in [-0.4, -0.2) is 31.8 Å². The van der Waals surface area contributed by atoms with Crippen molar-refractivity contribution in [3.63, 3.8) is 0 Å². The van der Waals surface area contributed by atoms with Crippen LogP contribution in [0.25, 0.3) is 11.5 Å². The topological polar surface area (TPSA) is 70.8 Å². The summed E-state index contributed by atoms with van der Waals surface area (Å²) in [6, 6.07) is 5.25. The molecule has 1 aromatic heterocycles. The van der Waals surface area contributed by atoms with Gasteiger partial charge in [0, 0.05) is 11.6 Å². The first-order chi connectivity index (χ1) is 10.1. The van der Waals surface area contributed by atoms with E-state index >= 15 is 0 Å². The van der Waals surface area contributed by atoms with Crippen LogP contribution in [0, 0.1) is 6.92 Å². The minimum atomic E-state index is -0.500. The largest absolute Gasteiger partial charge is 0.497 e. The SMILES string of the molecule is CCOC(=O)c1nc(-c2cc(OC)cc(OC)c2)oc1C. The van der Waals surface area contributed by atoms with Gasteiger partial charge in [-0.3, -0.25) is 0 Å². The van der Waals surface area contributed by atoms with Crippen molar-refractivity contribution in [3.05, 3.63) is 29.7 Å². The van der Waals surface area contributed by atoms with Crippen LogP contribution in [0.5, 0.6) is 11.5 Å². The highest BCUT2D eigenvalue weighted by atomic mass is 16.5. The molecule has 6 heteroatoms. The van der Waals surface area contributed by atoms with Crippen LogP contribution in [0.2, 0.25) is 0 Å². The van der Waals surface area contributed by atoms with Gasteiger partial charge in [0.15, 0.2) is 5.69 Å². The van der Waals surface area contributed by atoms with E-state index in [0.29, 0.717) is 28.7 Å². The molecule has 0 N–H and O–H groups in total. The highest BCUT2D eigenvalue weighted by molar-refractivity contribution is 5.88. The van der Waals surface area contributed by atoms with Gasteiger partial charge in [-0.05, 0) is 26.0 Å². The molecule has 112 valence electrons. The molecule has 1 aromatic carbocycles. The molecule has 0 unspecified atom stereocenters. The Balaban J connectivity index is 2.43. The highest BCUT2D eigenvalue weighted by Crippen LogP contribution is 2.30. The first kappa shape index (κ1) is 14.9. The fourth-order valence-corrected chi connectivity index (χ4v) is 1.84. The van der Waals surface area contributed by atoms with E-state index in [1.165, 1.54) is 0 Å². The number of benzene rings is 1. The molecule has 0 bridgehead atoms. The van der Waals surface area contributed by atoms with Crippen LogP contribution in [0.3, 0.4) is 0 Å². The summed E-state index contributed by atoms with van der Waals surface area (Å²) in [6.45, 7) is 3.69. The van der Waals surface area contributed by atoms with Crippen LogP contribution >= 0.6 is 0 Å². The Morgan fingerprint density at radius 3 is 2.33 bits per heavy atom. The Morgan fingerprint density at radius 2 is 1.81 bits per heavy atom. The Hall–Kier alpha value is -2.50. The van der Waals surface area contributed by atoms with Gasteiger partial charge in [0.25, 0.3) is 0 Å². The zero-order valence-electron chi connectivity index (χ0n) is 12.4. The van der Waals surface area contributed by atoms with Crippen molar-refractivity contribution in [1.82, 2.24) is 4.98 Å². The minimum Gasteiger partial charge on any atom is -0.497 e. The average molecular weight is 291 g/mol. The maximum atomic E-state index is 11.8. The molecular weight excluding hydrogens is 274 g/mol. The van der Waals surface area contributed by atoms with Crippen LogP contribution in [-0.2, 0) is 4.74 Å². The van der Waals surface area contributed by atoms with Gasteiger partial charge in [-0.1, -0.05) is 0 Å². The predicted octanol–water partition coefficient (Wildman–Crippen LogP) is 2.84. The van der Waals surface area contributed by atoms with Gasteiger partial charge in [-0.15, -0.1) is 0 Å². The number of esters is 1. The third kappa shape index (κ3) is 3.16. The summed E-state index contributed by atoms with van der Waals surface area (Å²) in [7, 11) is 3.12. The summed E-state index contributed by atoms with van der Waals surface area (Å²) in [4.78, 5) is 16.0. The number of carbonyl (C=O) groups excluding carboxylic acids is 1. The zero-order valence-corrected chi connectivity index (χ0v) is 12.4. The average Bonchev–Trinajstić information content (AvgIpc) is 2.89. The summed E-state index contributed by atoms with van der Waals surface area (Å²) in [6.07, 6.45) is 0. The number of hydrogen-bond acceptors (Lipinski definition) is 6. The number of aryl methyl sites for hydroxylation is 1. The van der Waals surface area contributed by atoms with Crippen molar-refractivity contribution >= 4 is 5.97 Å². The number of carbonyl (C=O) groups is 1. The molecule has 6 nitrogen and oxygen atoms in total. The van der Waals surface area contributed by atoms with E-state index in [1.807, 2.05) is 0 Å². The number of methoxy groups -OCH3 is 2. The molecule has 0 radical (unpaired) electrons.